The number of nitrogens with one attached hydrogen (secondary N) is 1. The van der Waals surface area contributed by atoms with Crippen LogP contribution in [-0.2, 0) is 30.3 Å². The van der Waals surface area contributed by atoms with Gasteiger partial charge in [-0.15, -0.1) is 0 Å². The molecule has 2 rings (SSSR count). The Morgan fingerprint density at radius 1 is 1.19 bits per heavy atom. The number of rotatable bonds is 11. The second kappa shape index (κ2) is 13.7. The van der Waals surface area contributed by atoms with Crippen LogP contribution in [0, 0.1) is 0 Å². The number of methoxy groups -OCH3 is 2. The Morgan fingerprint density at radius 3 is 2.53 bits per heavy atom. The first-order valence-electron chi connectivity index (χ1n) is 12.2. The first-order chi connectivity index (χ1) is 17.0. The molecule has 3 atom stereocenters. The van der Waals surface area contributed by atoms with Gasteiger partial charge in [0.25, 0.3) is 0 Å². The minimum Gasteiger partial charge on any atom is -0.497 e. The van der Waals surface area contributed by atoms with Gasteiger partial charge in [0, 0.05) is 18.1 Å². The van der Waals surface area contributed by atoms with Gasteiger partial charge in [-0.25, -0.2) is 4.79 Å². The van der Waals surface area contributed by atoms with E-state index >= 15 is 0 Å². The van der Waals surface area contributed by atoms with Gasteiger partial charge in [-0.2, -0.15) is 11.8 Å². The maximum Gasteiger partial charge on any atom is 0.330 e. The van der Waals surface area contributed by atoms with Crippen LogP contribution in [0.5, 0.6) is 11.5 Å². The molecule has 0 radical (unpaired) electrons. The van der Waals surface area contributed by atoms with Crippen molar-refractivity contribution in [1.82, 2.24) is 10.2 Å². The highest BCUT2D eigenvalue weighted by molar-refractivity contribution is 7.99. The predicted octanol–water partition coefficient (Wildman–Crippen LogP) is 2.83. The Balaban J connectivity index is 2.15. The van der Waals surface area contributed by atoms with E-state index in [2.05, 4.69) is 5.32 Å². The lowest BCUT2D eigenvalue weighted by Crippen LogP contribution is -2.58. The van der Waals surface area contributed by atoms with Crippen molar-refractivity contribution >= 4 is 29.6 Å². The van der Waals surface area contributed by atoms with Crippen LogP contribution in [-0.4, -0.2) is 85.3 Å². The average molecular weight is 525 g/mol. The maximum absolute atomic E-state index is 13.4. The van der Waals surface area contributed by atoms with Gasteiger partial charge in [0.05, 0.1) is 26.9 Å². The van der Waals surface area contributed by atoms with Crippen LogP contribution in [0.25, 0.3) is 0 Å². The third-order valence-electron chi connectivity index (χ3n) is 5.67. The van der Waals surface area contributed by atoms with Gasteiger partial charge in [0.1, 0.15) is 29.2 Å². The summed E-state index contributed by atoms with van der Waals surface area (Å²) in [5.74, 6) is 1.48. The fourth-order valence-electron chi connectivity index (χ4n) is 3.94. The molecule has 202 valence electrons. The van der Waals surface area contributed by atoms with E-state index in [0.29, 0.717) is 36.6 Å². The smallest absolute Gasteiger partial charge is 0.330 e. The number of hydrogen-bond donors (Lipinski definition) is 1. The van der Waals surface area contributed by atoms with E-state index in [0.717, 1.165) is 11.3 Å². The summed E-state index contributed by atoms with van der Waals surface area (Å²) in [5.41, 5.74) is 0.235. The molecule has 1 aliphatic heterocycles. The molecule has 0 saturated carbocycles. The average Bonchev–Trinajstić information content (AvgIpc) is 2.84. The Bertz CT molecular complexity index is 903. The van der Waals surface area contributed by atoms with E-state index in [1.807, 2.05) is 18.2 Å². The summed E-state index contributed by atoms with van der Waals surface area (Å²) < 4.78 is 21.6. The van der Waals surface area contributed by atoms with Crippen LogP contribution in [0.4, 0.5) is 0 Å². The second-order valence-corrected chi connectivity index (χ2v) is 10.7. The van der Waals surface area contributed by atoms with Gasteiger partial charge in [-0.1, -0.05) is 0 Å². The lowest BCUT2D eigenvalue weighted by Gasteiger charge is -2.37. The number of ether oxygens (including phenoxy) is 4. The van der Waals surface area contributed by atoms with Gasteiger partial charge in [-0.3, -0.25) is 14.9 Å². The van der Waals surface area contributed by atoms with Crippen molar-refractivity contribution in [3.63, 3.8) is 0 Å². The topological polar surface area (TPSA) is 103 Å². The number of carbonyl (C=O) groups is 3. The highest BCUT2D eigenvalue weighted by Crippen LogP contribution is 2.26. The first kappa shape index (κ1) is 29.8. The van der Waals surface area contributed by atoms with Crippen LogP contribution in [0.2, 0.25) is 0 Å². The number of nitrogens with zero attached hydrogens (tertiary/aromatic N) is 1. The third-order valence-corrected chi connectivity index (χ3v) is 6.70. The van der Waals surface area contributed by atoms with Crippen molar-refractivity contribution < 1.29 is 33.3 Å². The summed E-state index contributed by atoms with van der Waals surface area (Å²) >= 11 is 1.62. The van der Waals surface area contributed by atoms with Crippen LogP contribution in [0.1, 0.15) is 46.6 Å². The van der Waals surface area contributed by atoms with Gasteiger partial charge in [0.2, 0.25) is 5.91 Å². The highest BCUT2D eigenvalue weighted by Gasteiger charge is 2.38. The molecule has 36 heavy (non-hydrogen) atoms. The molecule has 1 amide bonds. The Labute approximate surface area is 218 Å². The van der Waals surface area contributed by atoms with Crippen molar-refractivity contribution in [2.24, 2.45) is 0 Å². The number of thioether (sulfide) groups is 1. The first-order valence-corrected chi connectivity index (χ1v) is 13.4. The molecule has 0 bridgehead atoms. The molecule has 0 aliphatic carbocycles. The molecule has 10 heteroatoms. The fourth-order valence-corrected chi connectivity index (χ4v) is 4.98. The van der Waals surface area contributed by atoms with Gasteiger partial charge < -0.3 is 23.8 Å². The number of aryl methyl sites for hydroxylation is 1. The molecule has 0 spiro atoms. The number of carbonyl (C=O) groups excluding carboxylic acids is 3. The second-order valence-electron chi connectivity index (χ2n) is 9.57. The van der Waals surface area contributed by atoms with Gasteiger partial charge in [0.15, 0.2) is 0 Å². The normalized spacial score (nSPS) is 17.6. The molecule has 1 fully saturated rings. The molecule has 1 aromatic carbocycles. The van der Waals surface area contributed by atoms with E-state index in [-0.39, 0.29) is 12.5 Å². The Kier molecular flexibility index (Phi) is 11.4. The quantitative estimate of drug-likeness (QED) is 0.438. The standard InChI is InChI=1S/C26H40N2O7S/c1-8-34-24(30)20(11-9-18-15-19(32-6)10-12-22(18)33-7)27-17(2)23(29)28-13-14-36-16-21(28)25(31)35-26(3,4)5/h10,12,15,17,20-21,27H,8-9,11,13-14,16H2,1-7H3/t17-,20?,21?/m0/s1. The molecule has 0 aromatic heterocycles. The van der Waals surface area contributed by atoms with Crippen molar-refractivity contribution in [1.29, 1.82) is 0 Å². The summed E-state index contributed by atoms with van der Waals surface area (Å²) in [7, 11) is 3.18. The summed E-state index contributed by atoms with van der Waals surface area (Å²) in [6.07, 6.45) is 0.879. The highest BCUT2D eigenvalue weighted by atomic mass is 32.2. The zero-order valence-corrected chi connectivity index (χ0v) is 23.2. The van der Waals surface area contributed by atoms with Gasteiger partial charge >= 0.3 is 11.9 Å². The molecule has 1 aromatic rings. The number of hydrogen-bond acceptors (Lipinski definition) is 9. The molecular formula is C26H40N2O7S. The molecule has 9 nitrogen and oxygen atoms in total. The molecule has 1 heterocycles. The van der Waals surface area contributed by atoms with E-state index in [4.69, 9.17) is 18.9 Å². The van der Waals surface area contributed by atoms with Crippen LogP contribution < -0.4 is 14.8 Å². The summed E-state index contributed by atoms with van der Waals surface area (Å²) in [5, 5.41) is 3.15. The summed E-state index contributed by atoms with van der Waals surface area (Å²) in [6.45, 7) is 9.52. The minimum absolute atomic E-state index is 0.228. The predicted molar refractivity (Wildman–Crippen MR) is 140 cm³/mol. The van der Waals surface area contributed by atoms with Crippen LogP contribution in [0.3, 0.4) is 0 Å². The van der Waals surface area contributed by atoms with Crippen LogP contribution >= 0.6 is 11.8 Å². The van der Waals surface area contributed by atoms with Gasteiger partial charge in [-0.05, 0) is 71.2 Å². The molecule has 1 saturated heterocycles. The lowest BCUT2D eigenvalue weighted by molar-refractivity contribution is -0.164. The lowest BCUT2D eigenvalue weighted by atomic mass is 10.0. The van der Waals surface area contributed by atoms with Crippen molar-refractivity contribution in [3.05, 3.63) is 23.8 Å². The van der Waals surface area contributed by atoms with Crippen molar-refractivity contribution in [3.8, 4) is 11.5 Å². The summed E-state index contributed by atoms with van der Waals surface area (Å²) in [4.78, 5) is 40.5. The van der Waals surface area contributed by atoms with E-state index in [1.54, 1.807) is 65.5 Å². The largest absolute Gasteiger partial charge is 0.497 e. The SMILES string of the molecule is CCOC(=O)C(CCc1cc(OC)ccc1OC)N[C@@H](C)C(=O)N1CCSCC1C(=O)OC(C)(C)C. The summed E-state index contributed by atoms with van der Waals surface area (Å²) in [6, 6.07) is 3.40. The molecule has 1 N–H and O–H groups in total. The Hall–Kier alpha value is -2.46. The number of benzene rings is 1. The zero-order valence-electron chi connectivity index (χ0n) is 22.4. The van der Waals surface area contributed by atoms with E-state index in [9.17, 15) is 14.4 Å². The fraction of sp³-hybridized carbons (Fsp3) is 0.654. The Morgan fingerprint density at radius 2 is 1.92 bits per heavy atom. The monoisotopic (exact) mass is 524 g/mol. The molecule has 1 aliphatic rings. The number of esters is 2. The van der Waals surface area contributed by atoms with Crippen molar-refractivity contribution in [2.45, 2.75) is 71.2 Å². The van der Waals surface area contributed by atoms with E-state index in [1.165, 1.54) is 0 Å². The molecular weight excluding hydrogens is 484 g/mol. The van der Waals surface area contributed by atoms with E-state index < -0.39 is 35.7 Å². The molecule has 2 unspecified atom stereocenters. The zero-order chi connectivity index (χ0) is 26.9. The van der Waals surface area contributed by atoms with Crippen LogP contribution in [0.15, 0.2) is 18.2 Å². The maximum atomic E-state index is 13.4. The van der Waals surface area contributed by atoms with Crippen molar-refractivity contribution in [2.75, 3.05) is 38.9 Å². The number of amides is 1. The minimum atomic E-state index is -0.723. The third kappa shape index (κ3) is 8.58.